The van der Waals surface area contributed by atoms with Gasteiger partial charge in [-0.15, -0.1) is 11.6 Å². The molecule has 0 spiro atoms. The molecule has 0 heterocycles. The summed E-state index contributed by atoms with van der Waals surface area (Å²) in [6.45, 7) is 0.175. The number of nitrogens with zero attached hydrogens (tertiary/aromatic N) is 1. The van der Waals surface area contributed by atoms with E-state index >= 15 is 0 Å². The molecule has 1 rings (SSSR count). The molecule has 1 unspecified atom stereocenters. The van der Waals surface area contributed by atoms with Crippen LogP contribution in [0.1, 0.15) is 15.9 Å². The first-order valence-corrected chi connectivity index (χ1v) is 6.36. The van der Waals surface area contributed by atoms with E-state index in [4.69, 9.17) is 16.3 Å². The van der Waals surface area contributed by atoms with Crippen LogP contribution in [0.4, 0.5) is 17.6 Å². The molecule has 0 saturated heterocycles. The molecular weight excluding hydrogens is 314 g/mol. The highest BCUT2D eigenvalue weighted by Crippen LogP contribution is 2.32. The van der Waals surface area contributed by atoms with E-state index in [0.29, 0.717) is 6.07 Å². The van der Waals surface area contributed by atoms with Crippen molar-refractivity contribution >= 4 is 17.5 Å². The molecule has 0 aliphatic rings. The third-order valence-corrected chi connectivity index (χ3v) is 2.96. The summed E-state index contributed by atoms with van der Waals surface area (Å²) in [4.78, 5) is 13.1. The van der Waals surface area contributed by atoms with Crippen LogP contribution < -0.4 is 0 Å². The molecule has 0 aliphatic heterocycles. The first kappa shape index (κ1) is 17.7. The minimum atomic E-state index is -4.86. The van der Waals surface area contributed by atoms with Gasteiger partial charge >= 0.3 is 6.18 Å². The summed E-state index contributed by atoms with van der Waals surface area (Å²) in [5, 5.41) is -0.544. The minimum absolute atomic E-state index is 0.0178. The van der Waals surface area contributed by atoms with E-state index in [1.165, 1.54) is 14.2 Å². The molecule has 0 aliphatic carbocycles. The summed E-state index contributed by atoms with van der Waals surface area (Å²) in [5.41, 5.74) is -2.12. The lowest BCUT2D eigenvalue weighted by Crippen LogP contribution is -2.34. The van der Waals surface area contributed by atoms with Crippen molar-refractivity contribution in [2.75, 3.05) is 27.3 Å². The smallest absolute Gasteiger partial charge is 0.383 e. The van der Waals surface area contributed by atoms with Gasteiger partial charge in [0.1, 0.15) is 5.82 Å². The Morgan fingerprint density at radius 1 is 1.43 bits per heavy atom. The third-order valence-electron chi connectivity index (χ3n) is 2.70. The number of carbonyl (C=O) groups is 1. The predicted octanol–water partition coefficient (Wildman–Crippen LogP) is 3.17. The molecule has 0 aromatic heterocycles. The van der Waals surface area contributed by atoms with Gasteiger partial charge in [0, 0.05) is 20.7 Å². The molecule has 0 bridgehead atoms. The quantitative estimate of drug-likeness (QED) is 0.614. The molecular formula is C13H14ClF4NO2. The highest BCUT2D eigenvalue weighted by atomic mass is 35.5. The molecule has 0 N–H and O–H groups in total. The van der Waals surface area contributed by atoms with Crippen molar-refractivity contribution < 1.29 is 27.1 Å². The number of carbonyl (C=O) groups excluding carboxylic acids is 1. The van der Waals surface area contributed by atoms with Crippen LogP contribution in [0.5, 0.6) is 0 Å². The standard InChI is InChI=1S/C13H14ClF4NO2/c1-19(6-8(14)7-21-2)12(20)9-4-3-5-10(11(9)15)13(16,17)18/h3-5,8H,6-7H2,1-2H3. The Kier molecular flexibility index (Phi) is 5.98. The van der Waals surface area contributed by atoms with Gasteiger partial charge in [-0.05, 0) is 12.1 Å². The number of rotatable bonds is 5. The Labute approximate surface area is 124 Å². The number of hydrogen-bond donors (Lipinski definition) is 0. The van der Waals surface area contributed by atoms with Crippen molar-refractivity contribution in [1.82, 2.24) is 4.90 Å². The number of halogens is 5. The first-order valence-electron chi connectivity index (χ1n) is 5.92. The van der Waals surface area contributed by atoms with Crippen LogP contribution in [0.25, 0.3) is 0 Å². The van der Waals surface area contributed by atoms with E-state index in [2.05, 4.69) is 0 Å². The highest BCUT2D eigenvalue weighted by Gasteiger charge is 2.36. The van der Waals surface area contributed by atoms with Crippen molar-refractivity contribution in [3.8, 4) is 0 Å². The number of hydrogen-bond acceptors (Lipinski definition) is 2. The first-order chi connectivity index (χ1) is 9.68. The molecule has 0 saturated carbocycles. The Bertz CT molecular complexity index is 507. The summed E-state index contributed by atoms with van der Waals surface area (Å²) < 4.78 is 56.4. The van der Waals surface area contributed by atoms with Crippen LogP contribution in [-0.4, -0.2) is 43.5 Å². The minimum Gasteiger partial charge on any atom is -0.383 e. The molecule has 8 heteroatoms. The van der Waals surface area contributed by atoms with E-state index in [9.17, 15) is 22.4 Å². The molecule has 1 atom stereocenters. The Morgan fingerprint density at radius 2 is 2.05 bits per heavy atom. The van der Waals surface area contributed by atoms with Gasteiger partial charge in [-0.1, -0.05) is 6.07 Å². The summed E-state index contributed by atoms with van der Waals surface area (Å²) in [6, 6.07) is 2.57. The van der Waals surface area contributed by atoms with Gasteiger partial charge in [0.15, 0.2) is 0 Å². The zero-order valence-electron chi connectivity index (χ0n) is 11.4. The van der Waals surface area contributed by atoms with Gasteiger partial charge in [0.25, 0.3) is 5.91 Å². The number of amides is 1. The average Bonchev–Trinajstić information content (AvgIpc) is 2.37. The number of alkyl halides is 4. The monoisotopic (exact) mass is 327 g/mol. The van der Waals surface area contributed by atoms with Gasteiger partial charge in [0.2, 0.25) is 0 Å². The maximum absolute atomic E-state index is 13.8. The second-order valence-corrected chi connectivity index (χ2v) is 5.02. The van der Waals surface area contributed by atoms with Gasteiger partial charge in [-0.2, -0.15) is 13.2 Å². The molecule has 0 fully saturated rings. The molecule has 3 nitrogen and oxygen atoms in total. The van der Waals surface area contributed by atoms with Gasteiger partial charge < -0.3 is 9.64 Å². The summed E-state index contributed by atoms with van der Waals surface area (Å²) >= 11 is 5.86. The molecule has 118 valence electrons. The molecule has 1 aromatic rings. The second kappa shape index (κ2) is 7.09. The van der Waals surface area contributed by atoms with Crippen molar-refractivity contribution in [3.05, 3.63) is 35.1 Å². The molecule has 0 radical (unpaired) electrons. The van der Waals surface area contributed by atoms with Crippen molar-refractivity contribution in [3.63, 3.8) is 0 Å². The Hall–Kier alpha value is -1.34. The number of methoxy groups -OCH3 is 1. The molecule has 1 aromatic carbocycles. The van der Waals surface area contributed by atoms with Crippen LogP contribution in [0.15, 0.2) is 18.2 Å². The van der Waals surface area contributed by atoms with Gasteiger partial charge in [-0.25, -0.2) is 4.39 Å². The maximum atomic E-state index is 13.8. The topological polar surface area (TPSA) is 29.5 Å². The van der Waals surface area contributed by atoms with E-state index < -0.39 is 34.4 Å². The maximum Gasteiger partial charge on any atom is 0.419 e. The zero-order valence-corrected chi connectivity index (χ0v) is 12.1. The third kappa shape index (κ3) is 4.57. The largest absolute Gasteiger partial charge is 0.419 e. The second-order valence-electron chi connectivity index (χ2n) is 4.40. The Balaban J connectivity index is 2.98. The van der Waals surface area contributed by atoms with Crippen LogP contribution in [0, 0.1) is 5.82 Å². The summed E-state index contributed by atoms with van der Waals surface area (Å²) in [7, 11) is 2.75. The van der Waals surface area contributed by atoms with E-state index in [0.717, 1.165) is 17.0 Å². The highest BCUT2D eigenvalue weighted by molar-refractivity contribution is 6.21. The van der Waals surface area contributed by atoms with Crippen LogP contribution in [0.3, 0.4) is 0 Å². The number of benzene rings is 1. The fraction of sp³-hybridized carbons (Fsp3) is 0.462. The molecule has 21 heavy (non-hydrogen) atoms. The van der Waals surface area contributed by atoms with Crippen molar-refractivity contribution in [2.45, 2.75) is 11.6 Å². The molecule has 1 amide bonds. The van der Waals surface area contributed by atoms with Crippen molar-refractivity contribution in [1.29, 1.82) is 0 Å². The van der Waals surface area contributed by atoms with Gasteiger partial charge in [0.05, 0.1) is 23.1 Å². The van der Waals surface area contributed by atoms with Crippen LogP contribution >= 0.6 is 11.6 Å². The van der Waals surface area contributed by atoms with Crippen LogP contribution in [-0.2, 0) is 10.9 Å². The van der Waals surface area contributed by atoms with E-state index in [-0.39, 0.29) is 13.2 Å². The van der Waals surface area contributed by atoms with Gasteiger partial charge in [-0.3, -0.25) is 4.79 Å². The van der Waals surface area contributed by atoms with Crippen LogP contribution in [0.2, 0.25) is 0 Å². The lowest BCUT2D eigenvalue weighted by Gasteiger charge is -2.21. The lowest BCUT2D eigenvalue weighted by atomic mass is 10.1. The van der Waals surface area contributed by atoms with Crippen molar-refractivity contribution in [2.24, 2.45) is 0 Å². The van der Waals surface area contributed by atoms with E-state index in [1.807, 2.05) is 0 Å². The average molecular weight is 328 g/mol. The zero-order chi connectivity index (χ0) is 16.2. The summed E-state index contributed by atoms with van der Waals surface area (Å²) in [5.74, 6) is -2.46. The lowest BCUT2D eigenvalue weighted by molar-refractivity contribution is -0.140. The fourth-order valence-electron chi connectivity index (χ4n) is 1.74. The SMILES string of the molecule is COCC(Cl)CN(C)C(=O)c1cccc(C(F)(F)F)c1F. The Morgan fingerprint density at radius 3 is 2.57 bits per heavy atom. The fourth-order valence-corrected chi connectivity index (χ4v) is 2.07. The summed E-state index contributed by atoms with van der Waals surface area (Å²) in [6.07, 6.45) is -4.86. The predicted molar refractivity (Wildman–Crippen MR) is 69.9 cm³/mol. The normalized spacial score (nSPS) is 13.1. The van der Waals surface area contributed by atoms with E-state index in [1.54, 1.807) is 0 Å². The number of ether oxygens (including phenoxy) is 1.